The van der Waals surface area contributed by atoms with E-state index in [1.807, 2.05) is 24.3 Å². The second kappa shape index (κ2) is 6.66. The van der Waals surface area contributed by atoms with Crippen LogP contribution in [0.3, 0.4) is 0 Å². The molecule has 1 aromatic carbocycles. The number of carbonyl (C=O) groups is 1. The minimum Gasteiger partial charge on any atom is -0.481 e. The Morgan fingerprint density at radius 1 is 1.50 bits per heavy atom. The SMILES string of the molecule is CC(CCNCc1ccccc1Br)C(=O)O. The Balaban J connectivity index is 2.26. The Hall–Kier alpha value is -0.870. The van der Waals surface area contributed by atoms with Crippen molar-refractivity contribution in [2.45, 2.75) is 19.9 Å². The molecule has 1 rings (SSSR count). The van der Waals surface area contributed by atoms with E-state index >= 15 is 0 Å². The van der Waals surface area contributed by atoms with Crippen molar-refractivity contribution in [2.24, 2.45) is 5.92 Å². The molecule has 1 unspecified atom stereocenters. The third-order valence-electron chi connectivity index (χ3n) is 2.45. The fourth-order valence-corrected chi connectivity index (χ4v) is 1.73. The van der Waals surface area contributed by atoms with Crippen LogP contribution in [0.25, 0.3) is 0 Å². The predicted molar refractivity (Wildman–Crippen MR) is 67.3 cm³/mol. The van der Waals surface area contributed by atoms with E-state index in [1.165, 1.54) is 5.56 Å². The van der Waals surface area contributed by atoms with Crippen molar-refractivity contribution < 1.29 is 9.90 Å². The van der Waals surface area contributed by atoms with Gasteiger partial charge in [-0.1, -0.05) is 41.1 Å². The third-order valence-corrected chi connectivity index (χ3v) is 3.22. The molecular weight excluding hydrogens is 270 g/mol. The van der Waals surface area contributed by atoms with E-state index < -0.39 is 5.97 Å². The summed E-state index contributed by atoms with van der Waals surface area (Å²) in [5, 5.41) is 11.9. The maximum absolute atomic E-state index is 10.6. The van der Waals surface area contributed by atoms with Crippen molar-refractivity contribution in [1.29, 1.82) is 0 Å². The van der Waals surface area contributed by atoms with Gasteiger partial charge in [0.15, 0.2) is 0 Å². The summed E-state index contributed by atoms with van der Waals surface area (Å²) >= 11 is 3.47. The summed E-state index contributed by atoms with van der Waals surface area (Å²) in [4.78, 5) is 10.6. The number of carboxylic acids is 1. The van der Waals surface area contributed by atoms with Gasteiger partial charge in [-0.3, -0.25) is 4.79 Å². The first-order valence-corrected chi connectivity index (χ1v) is 6.07. The Bertz CT molecular complexity index is 355. The molecule has 0 aliphatic rings. The van der Waals surface area contributed by atoms with Gasteiger partial charge < -0.3 is 10.4 Å². The van der Waals surface area contributed by atoms with Crippen LogP contribution in [0.1, 0.15) is 18.9 Å². The topological polar surface area (TPSA) is 49.3 Å². The van der Waals surface area contributed by atoms with Gasteiger partial charge in [0.2, 0.25) is 0 Å². The summed E-state index contributed by atoms with van der Waals surface area (Å²) < 4.78 is 1.08. The van der Waals surface area contributed by atoms with E-state index in [2.05, 4.69) is 21.2 Å². The molecule has 16 heavy (non-hydrogen) atoms. The second-order valence-electron chi connectivity index (χ2n) is 3.80. The van der Waals surface area contributed by atoms with Crippen molar-refractivity contribution in [3.05, 3.63) is 34.3 Å². The first-order chi connectivity index (χ1) is 7.61. The van der Waals surface area contributed by atoms with E-state index in [0.29, 0.717) is 6.42 Å². The van der Waals surface area contributed by atoms with Crippen LogP contribution in [0.2, 0.25) is 0 Å². The molecule has 0 radical (unpaired) electrons. The zero-order valence-corrected chi connectivity index (χ0v) is 10.8. The van der Waals surface area contributed by atoms with E-state index in [-0.39, 0.29) is 5.92 Å². The number of aliphatic carboxylic acids is 1. The third kappa shape index (κ3) is 4.33. The summed E-state index contributed by atoms with van der Waals surface area (Å²) in [6.07, 6.45) is 0.653. The minimum atomic E-state index is -0.734. The average Bonchev–Trinajstić information content (AvgIpc) is 2.26. The summed E-state index contributed by atoms with van der Waals surface area (Å²) in [6, 6.07) is 8.00. The highest BCUT2D eigenvalue weighted by molar-refractivity contribution is 9.10. The molecule has 1 aromatic rings. The zero-order valence-electron chi connectivity index (χ0n) is 9.24. The largest absolute Gasteiger partial charge is 0.481 e. The van der Waals surface area contributed by atoms with Gasteiger partial charge in [-0.15, -0.1) is 0 Å². The normalized spacial score (nSPS) is 12.4. The van der Waals surface area contributed by atoms with Crippen LogP contribution in [0.4, 0.5) is 0 Å². The zero-order chi connectivity index (χ0) is 12.0. The van der Waals surface area contributed by atoms with Crippen LogP contribution in [0.15, 0.2) is 28.7 Å². The Kier molecular flexibility index (Phi) is 5.49. The quantitative estimate of drug-likeness (QED) is 0.790. The standard InChI is InChI=1S/C12H16BrNO2/c1-9(12(15)16)6-7-14-8-10-4-2-3-5-11(10)13/h2-5,9,14H,6-8H2,1H3,(H,15,16). The second-order valence-corrected chi connectivity index (χ2v) is 4.65. The van der Waals surface area contributed by atoms with Crippen LogP contribution in [-0.2, 0) is 11.3 Å². The van der Waals surface area contributed by atoms with E-state index in [9.17, 15) is 4.79 Å². The lowest BCUT2D eigenvalue weighted by Crippen LogP contribution is -2.20. The lowest BCUT2D eigenvalue weighted by molar-refractivity contribution is -0.141. The van der Waals surface area contributed by atoms with Crippen molar-refractivity contribution in [3.8, 4) is 0 Å². The first-order valence-electron chi connectivity index (χ1n) is 5.28. The van der Waals surface area contributed by atoms with Crippen molar-refractivity contribution >= 4 is 21.9 Å². The molecule has 0 bridgehead atoms. The molecule has 0 spiro atoms. The molecule has 0 amide bonds. The summed E-state index contributed by atoms with van der Waals surface area (Å²) in [5.74, 6) is -1.02. The Morgan fingerprint density at radius 2 is 2.19 bits per heavy atom. The number of rotatable bonds is 6. The molecule has 1 atom stereocenters. The highest BCUT2D eigenvalue weighted by Gasteiger charge is 2.09. The first kappa shape index (κ1) is 13.2. The van der Waals surface area contributed by atoms with Gasteiger partial charge in [-0.25, -0.2) is 0 Å². The fraction of sp³-hybridized carbons (Fsp3) is 0.417. The van der Waals surface area contributed by atoms with Crippen LogP contribution >= 0.6 is 15.9 Å². The van der Waals surface area contributed by atoms with Crippen LogP contribution in [0, 0.1) is 5.92 Å². The van der Waals surface area contributed by atoms with Crippen LogP contribution in [-0.4, -0.2) is 17.6 Å². The molecule has 0 saturated heterocycles. The van der Waals surface area contributed by atoms with Crippen LogP contribution < -0.4 is 5.32 Å². The lowest BCUT2D eigenvalue weighted by atomic mass is 10.1. The van der Waals surface area contributed by atoms with Gasteiger partial charge in [0.1, 0.15) is 0 Å². The van der Waals surface area contributed by atoms with Gasteiger partial charge in [0.05, 0.1) is 5.92 Å². The Morgan fingerprint density at radius 3 is 2.81 bits per heavy atom. The molecule has 88 valence electrons. The van der Waals surface area contributed by atoms with Crippen molar-refractivity contribution in [3.63, 3.8) is 0 Å². The van der Waals surface area contributed by atoms with E-state index in [4.69, 9.17) is 5.11 Å². The monoisotopic (exact) mass is 285 g/mol. The predicted octanol–water partition coefficient (Wildman–Crippen LogP) is 2.65. The average molecular weight is 286 g/mol. The summed E-state index contributed by atoms with van der Waals surface area (Å²) in [7, 11) is 0. The van der Waals surface area contributed by atoms with E-state index in [1.54, 1.807) is 6.92 Å². The smallest absolute Gasteiger partial charge is 0.306 e. The molecule has 0 aliphatic heterocycles. The van der Waals surface area contributed by atoms with Crippen molar-refractivity contribution in [1.82, 2.24) is 5.32 Å². The maximum atomic E-state index is 10.6. The molecule has 0 saturated carbocycles. The van der Waals surface area contributed by atoms with Crippen molar-refractivity contribution in [2.75, 3.05) is 6.54 Å². The minimum absolute atomic E-state index is 0.285. The number of hydrogen-bond acceptors (Lipinski definition) is 2. The molecule has 4 heteroatoms. The van der Waals surface area contributed by atoms with Gasteiger partial charge >= 0.3 is 5.97 Å². The molecule has 0 fully saturated rings. The summed E-state index contributed by atoms with van der Waals surface area (Å²) in [5.41, 5.74) is 1.19. The number of nitrogens with one attached hydrogen (secondary N) is 1. The van der Waals surface area contributed by atoms with Gasteiger partial charge in [-0.2, -0.15) is 0 Å². The molecule has 0 aromatic heterocycles. The number of hydrogen-bond donors (Lipinski definition) is 2. The molecule has 3 nitrogen and oxygen atoms in total. The molecular formula is C12H16BrNO2. The number of carboxylic acid groups (broad SMARTS) is 1. The highest BCUT2D eigenvalue weighted by atomic mass is 79.9. The van der Waals surface area contributed by atoms with E-state index in [0.717, 1.165) is 17.6 Å². The lowest BCUT2D eigenvalue weighted by Gasteiger charge is -2.08. The molecule has 0 aliphatic carbocycles. The highest BCUT2D eigenvalue weighted by Crippen LogP contribution is 2.15. The Labute approximate surface area is 104 Å². The van der Waals surface area contributed by atoms with Crippen LogP contribution in [0.5, 0.6) is 0 Å². The molecule has 0 heterocycles. The van der Waals surface area contributed by atoms with Gasteiger partial charge in [0.25, 0.3) is 0 Å². The summed E-state index contributed by atoms with van der Waals surface area (Å²) in [6.45, 7) is 3.20. The maximum Gasteiger partial charge on any atom is 0.306 e. The van der Waals surface area contributed by atoms with Gasteiger partial charge in [0, 0.05) is 11.0 Å². The van der Waals surface area contributed by atoms with Gasteiger partial charge in [-0.05, 0) is 24.6 Å². The molecule has 2 N–H and O–H groups in total. The fourth-order valence-electron chi connectivity index (χ4n) is 1.31. The number of benzene rings is 1. The number of halogens is 1.